The van der Waals surface area contributed by atoms with Crippen LogP contribution >= 0.6 is 11.8 Å². The molecular formula is C42H58N2O6S. The quantitative estimate of drug-likeness (QED) is 0.0655. The van der Waals surface area contributed by atoms with E-state index in [1.165, 1.54) is 82.4 Å². The molecule has 0 radical (unpaired) electrons. The molecule has 1 aromatic heterocycles. The van der Waals surface area contributed by atoms with E-state index in [-0.39, 0.29) is 36.2 Å². The van der Waals surface area contributed by atoms with E-state index in [0.29, 0.717) is 23.7 Å². The molecule has 1 amide bonds. The van der Waals surface area contributed by atoms with Crippen LogP contribution in [0.1, 0.15) is 149 Å². The summed E-state index contributed by atoms with van der Waals surface area (Å²) in [7, 11) is 0. The minimum atomic E-state index is -1.01. The van der Waals surface area contributed by atoms with E-state index in [9.17, 15) is 19.8 Å². The lowest BCUT2D eigenvalue weighted by molar-refractivity contribution is -0.268. The molecule has 1 aliphatic rings. The molecule has 9 heteroatoms. The van der Waals surface area contributed by atoms with Crippen LogP contribution in [0.3, 0.4) is 0 Å². The van der Waals surface area contributed by atoms with Gasteiger partial charge in [-0.05, 0) is 35.2 Å². The number of pyridine rings is 1. The number of ether oxygens (including phenoxy) is 2. The van der Waals surface area contributed by atoms with Crippen molar-refractivity contribution in [3.05, 3.63) is 94.7 Å². The fourth-order valence-electron chi connectivity index (χ4n) is 6.52. The second-order valence-corrected chi connectivity index (χ2v) is 14.8. The standard InChI is InChI=1S/C42H58N2O6S/c1-3-4-5-6-7-8-9-10-11-12-13-14-15-18-38(46)44-28-32-19-25-35(26-20-32)42-49-37(30-51-40-36(41(47)48)17-16-27-43-40)31(2)39(50-42)34-23-21-33(29-45)22-24-34/h16-17,19-27,31,37,39,42,45H,3-15,18,28-30H2,1-2H3,(H,44,46)(H,47,48)/t31-,37+,39+,42?/m0/s1. The molecular weight excluding hydrogens is 661 g/mol. The number of hydrogen-bond donors (Lipinski definition) is 3. The second-order valence-electron chi connectivity index (χ2n) is 13.8. The summed E-state index contributed by atoms with van der Waals surface area (Å²) >= 11 is 1.37. The van der Waals surface area contributed by atoms with Crippen molar-refractivity contribution in [1.82, 2.24) is 10.3 Å². The average Bonchev–Trinajstić information content (AvgIpc) is 3.15. The van der Waals surface area contributed by atoms with Crippen LogP contribution in [0.5, 0.6) is 0 Å². The predicted molar refractivity (Wildman–Crippen MR) is 203 cm³/mol. The van der Waals surface area contributed by atoms with Gasteiger partial charge in [-0.2, -0.15) is 0 Å². The molecule has 2 heterocycles. The van der Waals surface area contributed by atoms with Crippen LogP contribution in [0.15, 0.2) is 71.9 Å². The first kappa shape index (κ1) is 40.5. The van der Waals surface area contributed by atoms with Crippen LogP contribution in [0.4, 0.5) is 0 Å². The highest BCUT2D eigenvalue weighted by Crippen LogP contribution is 2.43. The van der Waals surface area contributed by atoms with Gasteiger partial charge in [-0.15, -0.1) is 11.8 Å². The van der Waals surface area contributed by atoms with Gasteiger partial charge in [-0.1, -0.05) is 139 Å². The van der Waals surface area contributed by atoms with Gasteiger partial charge in [0.25, 0.3) is 0 Å². The summed E-state index contributed by atoms with van der Waals surface area (Å²) in [6.07, 6.45) is 17.7. The number of aromatic carboxylic acids is 1. The molecule has 1 aliphatic heterocycles. The molecule has 278 valence electrons. The van der Waals surface area contributed by atoms with Gasteiger partial charge in [-0.3, -0.25) is 4.79 Å². The number of benzene rings is 2. The number of carbonyl (C=O) groups is 2. The smallest absolute Gasteiger partial charge is 0.338 e. The molecule has 51 heavy (non-hydrogen) atoms. The van der Waals surface area contributed by atoms with Gasteiger partial charge < -0.3 is 25.0 Å². The maximum absolute atomic E-state index is 12.5. The number of nitrogens with zero attached hydrogens (tertiary/aromatic N) is 1. The highest BCUT2D eigenvalue weighted by atomic mass is 32.2. The lowest BCUT2D eigenvalue weighted by Gasteiger charge is -2.41. The number of thioether (sulfide) groups is 1. The van der Waals surface area contributed by atoms with Gasteiger partial charge >= 0.3 is 5.97 Å². The van der Waals surface area contributed by atoms with E-state index in [1.807, 2.05) is 48.5 Å². The average molecular weight is 719 g/mol. The van der Waals surface area contributed by atoms with E-state index in [0.717, 1.165) is 35.1 Å². The first-order valence-corrected chi connectivity index (χ1v) is 20.1. The fourth-order valence-corrected chi connectivity index (χ4v) is 7.68. The third kappa shape index (κ3) is 13.7. The molecule has 1 saturated heterocycles. The van der Waals surface area contributed by atoms with E-state index >= 15 is 0 Å². The number of carboxylic acids is 1. The molecule has 3 aromatic rings. The van der Waals surface area contributed by atoms with Crippen LogP contribution in [0, 0.1) is 5.92 Å². The monoisotopic (exact) mass is 718 g/mol. The minimum Gasteiger partial charge on any atom is -0.478 e. The normalized spacial score (nSPS) is 18.8. The Kier molecular flexibility index (Phi) is 18.0. The Hall–Kier alpha value is -3.24. The molecule has 3 N–H and O–H groups in total. The van der Waals surface area contributed by atoms with Gasteiger partial charge in [0.2, 0.25) is 5.91 Å². The van der Waals surface area contributed by atoms with Gasteiger partial charge in [0.15, 0.2) is 6.29 Å². The van der Waals surface area contributed by atoms with Crippen molar-refractivity contribution in [2.75, 3.05) is 5.75 Å². The minimum absolute atomic E-state index is 0.0331. The van der Waals surface area contributed by atoms with E-state index < -0.39 is 12.3 Å². The lowest BCUT2D eigenvalue weighted by atomic mass is 9.91. The molecule has 1 unspecified atom stereocenters. The summed E-state index contributed by atoms with van der Waals surface area (Å²) in [5.74, 6) is -0.478. The highest BCUT2D eigenvalue weighted by molar-refractivity contribution is 7.99. The Morgan fingerprint density at radius 2 is 1.37 bits per heavy atom. The first-order chi connectivity index (χ1) is 24.9. The van der Waals surface area contributed by atoms with Crippen molar-refractivity contribution in [3.63, 3.8) is 0 Å². The number of aliphatic hydroxyl groups is 1. The van der Waals surface area contributed by atoms with Crippen molar-refractivity contribution in [1.29, 1.82) is 0 Å². The summed E-state index contributed by atoms with van der Waals surface area (Å²) in [6, 6.07) is 18.9. The van der Waals surface area contributed by atoms with Crippen LogP contribution in [0.25, 0.3) is 0 Å². The first-order valence-electron chi connectivity index (χ1n) is 19.1. The number of carboxylic acid groups (broad SMARTS) is 1. The summed E-state index contributed by atoms with van der Waals surface area (Å²) in [6.45, 7) is 4.77. The Labute approximate surface area is 309 Å². The molecule has 8 nitrogen and oxygen atoms in total. The third-order valence-electron chi connectivity index (χ3n) is 9.76. The third-order valence-corrected chi connectivity index (χ3v) is 10.9. The van der Waals surface area contributed by atoms with Crippen LogP contribution in [-0.2, 0) is 27.4 Å². The zero-order valence-corrected chi connectivity index (χ0v) is 31.4. The van der Waals surface area contributed by atoms with E-state index in [2.05, 4.69) is 24.1 Å². The lowest BCUT2D eigenvalue weighted by Crippen LogP contribution is -2.38. The number of aromatic nitrogens is 1. The summed E-state index contributed by atoms with van der Waals surface area (Å²) in [4.78, 5) is 28.6. The number of unbranched alkanes of at least 4 members (excludes halogenated alkanes) is 12. The largest absolute Gasteiger partial charge is 0.478 e. The number of amides is 1. The maximum atomic E-state index is 12.5. The summed E-state index contributed by atoms with van der Waals surface area (Å²) < 4.78 is 13.1. The van der Waals surface area contributed by atoms with Crippen LogP contribution < -0.4 is 5.32 Å². The Bertz CT molecular complexity index is 1450. The zero-order chi connectivity index (χ0) is 36.3. The molecule has 0 aliphatic carbocycles. The molecule has 4 rings (SSSR count). The molecule has 2 aromatic carbocycles. The number of rotatable bonds is 23. The molecule has 4 atom stereocenters. The van der Waals surface area contributed by atoms with E-state index in [1.54, 1.807) is 18.3 Å². The zero-order valence-electron chi connectivity index (χ0n) is 30.6. The SMILES string of the molecule is CCCCCCCCCCCCCCCC(=O)NCc1ccc(C2O[C@H](CSc3ncccc3C(=O)O)[C@H](C)[C@H](c3ccc(CO)cc3)O2)cc1. The number of hydrogen-bond acceptors (Lipinski definition) is 7. The second kappa shape index (κ2) is 22.6. The van der Waals surface area contributed by atoms with Gasteiger partial charge in [0.05, 0.1) is 24.4 Å². The maximum Gasteiger partial charge on any atom is 0.338 e. The molecule has 0 bridgehead atoms. The fraction of sp³-hybridized carbons (Fsp3) is 0.548. The summed E-state index contributed by atoms with van der Waals surface area (Å²) in [5, 5.41) is 22.7. The predicted octanol–water partition coefficient (Wildman–Crippen LogP) is 9.95. The van der Waals surface area contributed by atoms with Crippen molar-refractivity contribution < 1.29 is 29.3 Å². The van der Waals surface area contributed by atoms with Gasteiger partial charge in [0, 0.05) is 36.4 Å². The molecule has 1 fully saturated rings. The molecule has 0 saturated carbocycles. The van der Waals surface area contributed by atoms with Crippen LogP contribution in [0.2, 0.25) is 0 Å². The Morgan fingerprint density at radius 3 is 1.98 bits per heavy atom. The highest BCUT2D eigenvalue weighted by Gasteiger charge is 2.38. The Balaban J connectivity index is 1.24. The number of nitrogens with one attached hydrogen (secondary N) is 1. The number of aliphatic hydroxyl groups excluding tert-OH is 1. The Morgan fingerprint density at radius 1 is 0.784 bits per heavy atom. The van der Waals surface area contributed by atoms with Gasteiger partial charge in [0.1, 0.15) is 5.03 Å². The van der Waals surface area contributed by atoms with Crippen molar-refractivity contribution in [2.45, 2.75) is 140 Å². The van der Waals surface area contributed by atoms with Crippen LogP contribution in [-0.4, -0.2) is 38.9 Å². The topological polar surface area (TPSA) is 118 Å². The van der Waals surface area contributed by atoms with Crippen molar-refractivity contribution in [2.24, 2.45) is 5.92 Å². The summed E-state index contributed by atoms with van der Waals surface area (Å²) in [5.41, 5.74) is 3.84. The number of carbonyl (C=O) groups excluding carboxylic acids is 1. The van der Waals surface area contributed by atoms with Gasteiger partial charge in [-0.25, -0.2) is 9.78 Å². The van der Waals surface area contributed by atoms with Crippen molar-refractivity contribution >= 4 is 23.6 Å². The molecule has 0 spiro atoms. The van der Waals surface area contributed by atoms with E-state index in [4.69, 9.17) is 9.47 Å². The van der Waals surface area contributed by atoms with Crippen molar-refractivity contribution in [3.8, 4) is 0 Å².